The van der Waals surface area contributed by atoms with Gasteiger partial charge in [0.25, 0.3) is 5.91 Å². The first-order valence-electron chi connectivity index (χ1n) is 6.93. The molecule has 0 bridgehead atoms. The maximum atomic E-state index is 12.4. The van der Waals surface area contributed by atoms with Crippen molar-refractivity contribution in [3.8, 4) is 0 Å². The van der Waals surface area contributed by atoms with Gasteiger partial charge in [-0.15, -0.1) is 0 Å². The number of carbonyl (C=O) groups is 1. The molecule has 1 aromatic carbocycles. The largest absolute Gasteiger partial charge is 0.394 e. The lowest BCUT2D eigenvalue weighted by Crippen LogP contribution is -2.39. The van der Waals surface area contributed by atoms with Crippen LogP contribution in [0.1, 0.15) is 30.6 Å². The zero-order valence-electron chi connectivity index (χ0n) is 11.6. The smallest absolute Gasteiger partial charge is 0.254 e. The molecule has 1 amide bonds. The van der Waals surface area contributed by atoms with Crippen molar-refractivity contribution in [3.05, 3.63) is 29.8 Å². The van der Waals surface area contributed by atoms with Crippen LogP contribution in [0.2, 0.25) is 0 Å². The highest BCUT2D eigenvalue weighted by Gasteiger charge is 2.34. The van der Waals surface area contributed by atoms with E-state index in [2.05, 4.69) is 12.2 Å². The van der Waals surface area contributed by atoms with Crippen molar-refractivity contribution >= 4 is 11.6 Å². The number of likely N-dealkylation sites (tertiary alicyclic amines) is 1. The molecule has 1 aliphatic heterocycles. The van der Waals surface area contributed by atoms with Crippen molar-refractivity contribution < 1.29 is 9.90 Å². The van der Waals surface area contributed by atoms with Crippen LogP contribution in [0.4, 0.5) is 5.69 Å². The summed E-state index contributed by atoms with van der Waals surface area (Å²) in [5, 5.41) is 12.6. The SMILES string of the molecule is CCNc1ccc(C(=O)N2CCC(C)C2CO)cc1. The Morgan fingerprint density at radius 1 is 1.42 bits per heavy atom. The van der Waals surface area contributed by atoms with E-state index in [0.717, 1.165) is 25.2 Å². The molecule has 2 rings (SSSR count). The van der Waals surface area contributed by atoms with Crippen LogP contribution in [0.3, 0.4) is 0 Å². The third-order valence-electron chi connectivity index (χ3n) is 3.84. The number of aliphatic hydroxyl groups is 1. The Hall–Kier alpha value is -1.55. The zero-order chi connectivity index (χ0) is 13.8. The molecule has 1 fully saturated rings. The van der Waals surface area contributed by atoms with Gasteiger partial charge in [-0.1, -0.05) is 6.92 Å². The van der Waals surface area contributed by atoms with Gasteiger partial charge in [0.1, 0.15) is 0 Å². The summed E-state index contributed by atoms with van der Waals surface area (Å²) in [7, 11) is 0. The fourth-order valence-corrected chi connectivity index (χ4v) is 2.64. The number of aliphatic hydroxyl groups excluding tert-OH is 1. The fraction of sp³-hybridized carbons (Fsp3) is 0.533. The molecular formula is C15H22N2O2. The molecule has 4 heteroatoms. The van der Waals surface area contributed by atoms with Crippen LogP contribution in [0.5, 0.6) is 0 Å². The number of nitrogens with zero attached hydrogens (tertiary/aromatic N) is 1. The lowest BCUT2D eigenvalue weighted by molar-refractivity contribution is 0.0648. The Balaban J connectivity index is 2.11. The number of anilines is 1. The quantitative estimate of drug-likeness (QED) is 0.872. The van der Waals surface area contributed by atoms with Crippen molar-refractivity contribution in [1.29, 1.82) is 0 Å². The summed E-state index contributed by atoms with van der Waals surface area (Å²) in [5.41, 5.74) is 1.71. The number of benzene rings is 1. The average Bonchev–Trinajstić information content (AvgIpc) is 2.80. The predicted molar refractivity (Wildman–Crippen MR) is 76.3 cm³/mol. The molecule has 2 atom stereocenters. The van der Waals surface area contributed by atoms with Crippen LogP contribution in [0.25, 0.3) is 0 Å². The van der Waals surface area contributed by atoms with Gasteiger partial charge in [-0.3, -0.25) is 4.79 Å². The Morgan fingerprint density at radius 2 is 2.11 bits per heavy atom. The highest BCUT2D eigenvalue weighted by molar-refractivity contribution is 5.95. The summed E-state index contributed by atoms with van der Waals surface area (Å²) < 4.78 is 0. The summed E-state index contributed by atoms with van der Waals surface area (Å²) >= 11 is 0. The molecule has 19 heavy (non-hydrogen) atoms. The van der Waals surface area contributed by atoms with Gasteiger partial charge in [-0.05, 0) is 43.5 Å². The van der Waals surface area contributed by atoms with Crippen molar-refractivity contribution in [1.82, 2.24) is 4.90 Å². The highest BCUT2D eigenvalue weighted by Crippen LogP contribution is 2.25. The van der Waals surface area contributed by atoms with E-state index in [1.54, 1.807) is 4.90 Å². The van der Waals surface area contributed by atoms with E-state index in [9.17, 15) is 9.90 Å². The van der Waals surface area contributed by atoms with Crippen molar-refractivity contribution in [2.24, 2.45) is 5.92 Å². The molecule has 1 heterocycles. The summed E-state index contributed by atoms with van der Waals surface area (Å²) in [6.07, 6.45) is 0.965. The number of rotatable bonds is 4. The lowest BCUT2D eigenvalue weighted by atomic mass is 10.0. The minimum absolute atomic E-state index is 0.0199. The third kappa shape index (κ3) is 2.89. The maximum absolute atomic E-state index is 12.4. The van der Waals surface area contributed by atoms with E-state index in [4.69, 9.17) is 0 Å². The van der Waals surface area contributed by atoms with Gasteiger partial charge in [-0.25, -0.2) is 0 Å². The summed E-state index contributed by atoms with van der Waals surface area (Å²) in [5.74, 6) is 0.390. The van der Waals surface area contributed by atoms with Gasteiger partial charge in [0, 0.05) is 24.3 Å². The Bertz CT molecular complexity index is 430. The average molecular weight is 262 g/mol. The van der Waals surface area contributed by atoms with E-state index < -0.39 is 0 Å². The van der Waals surface area contributed by atoms with E-state index in [1.165, 1.54) is 0 Å². The van der Waals surface area contributed by atoms with E-state index in [0.29, 0.717) is 11.5 Å². The van der Waals surface area contributed by atoms with Crippen LogP contribution in [-0.2, 0) is 0 Å². The number of nitrogens with one attached hydrogen (secondary N) is 1. The van der Waals surface area contributed by atoms with E-state index in [-0.39, 0.29) is 18.6 Å². The number of hydrogen-bond donors (Lipinski definition) is 2. The van der Waals surface area contributed by atoms with E-state index in [1.807, 2.05) is 31.2 Å². The summed E-state index contributed by atoms with van der Waals surface area (Å²) in [4.78, 5) is 14.2. The van der Waals surface area contributed by atoms with Crippen LogP contribution in [0, 0.1) is 5.92 Å². The van der Waals surface area contributed by atoms with Crippen LogP contribution in [0.15, 0.2) is 24.3 Å². The summed E-state index contributed by atoms with van der Waals surface area (Å²) in [6, 6.07) is 7.49. The second-order valence-corrected chi connectivity index (χ2v) is 5.12. The Morgan fingerprint density at radius 3 is 2.68 bits per heavy atom. The number of carbonyl (C=O) groups excluding carboxylic acids is 1. The van der Waals surface area contributed by atoms with Gasteiger partial charge >= 0.3 is 0 Å². The molecule has 4 nitrogen and oxygen atoms in total. The first-order valence-corrected chi connectivity index (χ1v) is 6.93. The van der Waals surface area contributed by atoms with Crippen LogP contribution >= 0.6 is 0 Å². The minimum Gasteiger partial charge on any atom is -0.394 e. The molecule has 1 aliphatic rings. The standard InChI is InChI=1S/C15H22N2O2/c1-3-16-13-6-4-12(5-7-13)15(19)17-9-8-11(2)14(17)10-18/h4-7,11,14,16,18H,3,8-10H2,1-2H3. The molecule has 0 radical (unpaired) electrons. The fourth-order valence-electron chi connectivity index (χ4n) is 2.64. The third-order valence-corrected chi connectivity index (χ3v) is 3.84. The monoisotopic (exact) mass is 262 g/mol. The van der Waals surface area contributed by atoms with E-state index >= 15 is 0 Å². The van der Waals surface area contributed by atoms with Gasteiger partial charge in [0.05, 0.1) is 12.6 Å². The first-order chi connectivity index (χ1) is 9.17. The number of hydrogen-bond acceptors (Lipinski definition) is 3. The minimum atomic E-state index is -0.0408. The summed E-state index contributed by atoms with van der Waals surface area (Å²) in [6.45, 7) is 5.77. The molecular weight excluding hydrogens is 240 g/mol. The van der Waals surface area contributed by atoms with Crippen molar-refractivity contribution in [2.45, 2.75) is 26.3 Å². The topological polar surface area (TPSA) is 52.6 Å². The molecule has 1 aromatic rings. The molecule has 104 valence electrons. The van der Waals surface area contributed by atoms with Crippen molar-refractivity contribution in [2.75, 3.05) is 25.0 Å². The molecule has 0 spiro atoms. The highest BCUT2D eigenvalue weighted by atomic mass is 16.3. The van der Waals surface area contributed by atoms with Crippen molar-refractivity contribution in [3.63, 3.8) is 0 Å². The number of amides is 1. The molecule has 2 N–H and O–H groups in total. The van der Waals surface area contributed by atoms with Crippen LogP contribution < -0.4 is 5.32 Å². The molecule has 2 unspecified atom stereocenters. The maximum Gasteiger partial charge on any atom is 0.254 e. The van der Waals surface area contributed by atoms with Gasteiger partial charge in [0.2, 0.25) is 0 Å². The van der Waals surface area contributed by atoms with Gasteiger partial charge in [0.15, 0.2) is 0 Å². The molecule has 0 saturated carbocycles. The second kappa shape index (κ2) is 6.06. The molecule has 0 aromatic heterocycles. The first kappa shape index (κ1) is 13.9. The predicted octanol–water partition coefficient (Wildman–Crippen LogP) is 1.96. The lowest BCUT2D eigenvalue weighted by Gasteiger charge is -2.25. The molecule has 1 saturated heterocycles. The molecule has 0 aliphatic carbocycles. The second-order valence-electron chi connectivity index (χ2n) is 5.12. The van der Waals surface area contributed by atoms with Gasteiger partial charge in [-0.2, -0.15) is 0 Å². The van der Waals surface area contributed by atoms with Gasteiger partial charge < -0.3 is 15.3 Å². The van der Waals surface area contributed by atoms with Crippen LogP contribution in [-0.4, -0.2) is 41.7 Å². The normalized spacial score (nSPS) is 22.6. The zero-order valence-corrected chi connectivity index (χ0v) is 11.6. The Labute approximate surface area is 114 Å². The Kier molecular flexibility index (Phi) is 4.43.